The van der Waals surface area contributed by atoms with Crippen LogP contribution in [0.25, 0.3) is 0 Å². The zero-order valence-electron chi connectivity index (χ0n) is 15.1. The summed E-state index contributed by atoms with van der Waals surface area (Å²) in [5, 5.41) is 2.76. The van der Waals surface area contributed by atoms with Crippen LogP contribution in [0.2, 0.25) is 0 Å². The fourth-order valence-electron chi connectivity index (χ4n) is 3.19. The molecule has 1 aliphatic carbocycles. The van der Waals surface area contributed by atoms with Gasteiger partial charge < -0.3 is 5.32 Å². The molecule has 6 heteroatoms. The van der Waals surface area contributed by atoms with Crippen molar-refractivity contribution in [2.45, 2.75) is 44.4 Å². The zero-order valence-corrected chi connectivity index (χ0v) is 15.9. The molecule has 2 aromatic carbocycles. The van der Waals surface area contributed by atoms with Crippen molar-refractivity contribution in [1.82, 2.24) is 4.72 Å². The highest BCUT2D eigenvalue weighted by Gasteiger charge is 2.18. The molecule has 1 amide bonds. The molecule has 0 aromatic heterocycles. The number of carbonyl (C=O) groups excluding carboxylic acids is 1. The Kier molecular flexibility index (Phi) is 5.44. The predicted molar refractivity (Wildman–Crippen MR) is 103 cm³/mol. The van der Waals surface area contributed by atoms with E-state index < -0.39 is 10.0 Å². The van der Waals surface area contributed by atoms with Crippen LogP contribution in [0.3, 0.4) is 0 Å². The quantitative estimate of drug-likeness (QED) is 0.847. The molecular formula is C20H24N2O3S. The minimum atomic E-state index is -3.71. The molecule has 5 nitrogen and oxygen atoms in total. The third kappa shape index (κ3) is 4.31. The molecule has 0 unspecified atom stereocenters. The van der Waals surface area contributed by atoms with Gasteiger partial charge in [0.2, 0.25) is 15.9 Å². The number of hydrogen-bond donors (Lipinski definition) is 2. The molecule has 0 fully saturated rings. The van der Waals surface area contributed by atoms with E-state index in [0.717, 1.165) is 42.4 Å². The Labute approximate surface area is 154 Å². The second-order valence-electron chi connectivity index (χ2n) is 6.83. The fourth-order valence-corrected chi connectivity index (χ4v) is 4.22. The van der Waals surface area contributed by atoms with E-state index in [4.69, 9.17) is 0 Å². The van der Waals surface area contributed by atoms with E-state index in [1.165, 1.54) is 5.56 Å². The van der Waals surface area contributed by atoms with Crippen molar-refractivity contribution in [1.29, 1.82) is 0 Å². The van der Waals surface area contributed by atoms with Crippen LogP contribution in [-0.4, -0.2) is 20.9 Å². The first kappa shape index (κ1) is 18.6. The highest BCUT2D eigenvalue weighted by molar-refractivity contribution is 7.89. The van der Waals surface area contributed by atoms with Gasteiger partial charge in [-0.05, 0) is 80.0 Å². The van der Waals surface area contributed by atoms with Crippen LogP contribution < -0.4 is 10.0 Å². The molecule has 26 heavy (non-hydrogen) atoms. The minimum Gasteiger partial charge on any atom is -0.325 e. The van der Waals surface area contributed by atoms with E-state index in [-0.39, 0.29) is 17.3 Å². The Bertz CT molecular complexity index is 936. The molecule has 0 aliphatic heterocycles. The molecule has 0 spiro atoms. The number of sulfonamides is 1. The van der Waals surface area contributed by atoms with Gasteiger partial charge in [0, 0.05) is 5.69 Å². The highest BCUT2D eigenvalue weighted by Crippen LogP contribution is 2.24. The average molecular weight is 372 g/mol. The van der Waals surface area contributed by atoms with E-state index in [1.54, 1.807) is 12.1 Å². The molecule has 0 radical (unpaired) electrons. The molecule has 138 valence electrons. The maximum absolute atomic E-state index is 12.5. The van der Waals surface area contributed by atoms with Crippen LogP contribution in [0.15, 0.2) is 41.3 Å². The topological polar surface area (TPSA) is 75.3 Å². The monoisotopic (exact) mass is 372 g/mol. The van der Waals surface area contributed by atoms with Crippen molar-refractivity contribution in [3.05, 3.63) is 58.7 Å². The molecule has 3 rings (SSSR count). The van der Waals surface area contributed by atoms with E-state index in [1.807, 2.05) is 38.1 Å². The number of amides is 1. The Morgan fingerprint density at radius 3 is 2.50 bits per heavy atom. The fraction of sp³-hybridized carbons (Fsp3) is 0.350. The summed E-state index contributed by atoms with van der Waals surface area (Å²) in [7, 11) is -3.71. The Morgan fingerprint density at radius 1 is 1.00 bits per heavy atom. The van der Waals surface area contributed by atoms with Crippen molar-refractivity contribution in [2.24, 2.45) is 0 Å². The number of carbonyl (C=O) groups is 1. The Morgan fingerprint density at radius 2 is 1.73 bits per heavy atom. The van der Waals surface area contributed by atoms with Gasteiger partial charge in [-0.3, -0.25) is 4.79 Å². The van der Waals surface area contributed by atoms with Gasteiger partial charge in [-0.25, -0.2) is 13.1 Å². The summed E-state index contributed by atoms with van der Waals surface area (Å²) < 4.78 is 27.4. The second-order valence-corrected chi connectivity index (χ2v) is 8.60. The van der Waals surface area contributed by atoms with Crippen molar-refractivity contribution in [2.75, 3.05) is 11.9 Å². The SMILES string of the molecule is Cc1ccc(C)c(NC(=O)CNS(=O)(=O)c2ccc3c(c2)CCCC3)c1. The molecule has 0 heterocycles. The average Bonchev–Trinajstić information content (AvgIpc) is 2.63. The number of nitrogens with one attached hydrogen (secondary N) is 2. The van der Waals surface area contributed by atoms with Crippen LogP contribution in [-0.2, 0) is 27.7 Å². The van der Waals surface area contributed by atoms with Gasteiger partial charge in [-0.15, -0.1) is 0 Å². The molecular weight excluding hydrogens is 348 g/mol. The molecule has 0 saturated heterocycles. The number of aryl methyl sites for hydroxylation is 4. The summed E-state index contributed by atoms with van der Waals surface area (Å²) in [6, 6.07) is 11.0. The summed E-state index contributed by atoms with van der Waals surface area (Å²) in [5.74, 6) is -0.389. The first-order valence-electron chi connectivity index (χ1n) is 8.84. The minimum absolute atomic E-state index is 0.220. The normalized spacial score (nSPS) is 13.9. The Balaban J connectivity index is 1.66. The van der Waals surface area contributed by atoms with Crippen LogP contribution in [0.5, 0.6) is 0 Å². The van der Waals surface area contributed by atoms with Crippen LogP contribution >= 0.6 is 0 Å². The Hall–Kier alpha value is -2.18. The summed E-state index contributed by atoms with van der Waals surface area (Å²) >= 11 is 0. The van der Waals surface area contributed by atoms with Crippen molar-refractivity contribution < 1.29 is 13.2 Å². The predicted octanol–water partition coefficient (Wildman–Crippen LogP) is 3.10. The number of rotatable bonds is 5. The molecule has 2 aromatic rings. The lowest BCUT2D eigenvalue weighted by Crippen LogP contribution is -2.33. The van der Waals surface area contributed by atoms with Gasteiger partial charge in [0.25, 0.3) is 0 Å². The smallest absolute Gasteiger partial charge is 0.241 e. The second kappa shape index (κ2) is 7.60. The lowest BCUT2D eigenvalue weighted by molar-refractivity contribution is -0.115. The van der Waals surface area contributed by atoms with Gasteiger partial charge in [0.1, 0.15) is 0 Å². The van der Waals surface area contributed by atoms with E-state index in [0.29, 0.717) is 5.69 Å². The first-order chi connectivity index (χ1) is 12.3. The molecule has 1 aliphatic rings. The number of hydrogen-bond acceptors (Lipinski definition) is 3. The van der Waals surface area contributed by atoms with Gasteiger partial charge in [0.15, 0.2) is 0 Å². The van der Waals surface area contributed by atoms with E-state index in [2.05, 4.69) is 10.0 Å². The molecule has 0 saturated carbocycles. The molecule has 0 bridgehead atoms. The lowest BCUT2D eigenvalue weighted by Gasteiger charge is -2.17. The summed E-state index contributed by atoms with van der Waals surface area (Å²) in [6.45, 7) is 3.53. The highest BCUT2D eigenvalue weighted by atomic mass is 32.2. The van der Waals surface area contributed by atoms with Crippen molar-refractivity contribution in [3.63, 3.8) is 0 Å². The first-order valence-corrected chi connectivity index (χ1v) is 10.3. The van der Waals surface area contributed by atoms with Gasteiger partial charge in [0.05, 0.1) is 11.4 Å². The largest absolute Gasteiger partial charge is 0.325 e. The van der Waals surface area contributed by atoms with Gasteiger partial charge in [-0.1, -0.05) is 18.2 Å². The maximum atomic E-state index is 12.5. The number of fused-ring (bicyclic) bond motifs is 1. The summed E-state index contributed by atoms with van der Waals surface area (Å²) in [6.07, 6.45) is 4.14. The third-order valence-electron chi connectivity index (χ3n) is 4.72. The van der Waals surface area contributed by atoms with Crippen LogP contribution in [0.1, 0.15) is 35.1 Å². The number of anilines is 1. The lowest BCUT2D eigenvalue weighted by atomic mass is 9.92. The standard InChI is InChI=1S/C20H24N2O3S/c1-14-7-8-15(2)19(11-14)22-20(23)13-21-26(24,25)18-10-9-16-5-3-4-6-17(16)12-18/h7-12,21H,3-6,13H2,1-2H3,(H,22,23). The van der Waals surface area contributed by atoms with E-state index >= 15 is 0 Å². The van der Waals surface area contributed by atoms with Crippen molar-refractivity contribution >= 4 is 21.6 Å². The molecule has 2 N–H and O–H groups in total. The third-order valence-corrected chi connectivity index (χ3v) is 6.12. The van der Waals surface area contributed by atoms with E-state index in [9.17, 15) is 13.2 Å². The van der Waals surface area contributed by atoms with Gasteiger partial charge >= 0.3 is 0 Å². The molecule has 0 atom stereocenters. The van der Waals surface area contributed by atoms with Crippen LogP contribution in [0, 0.1) is 13.8 Å². The summed E-state index contributed by atoms with van der Waals surface area (Å²) in [5.41, 5.74) is 4.98. The zero-order chi connectivity index (χ0) is 18.7. The maximum Gasteiger partial charge on any atom is 0.241 e. The van der Waals surface area contributed by atoms with Gasteiger partial charge in [-0.2, -0.15) is 0 Å². The summed E-state index contributed by atoms with van der Waals surface area (Å²) in [4.78, 5) is 12.4. The van der Waals surface area contributed by atoms with Crippen molar-refractivity contribution in [3.8, 4) is 0 Å². The van der Waals surface area contributed by atoms with Crippen LogP contribution in [0.4, 0.5) is 5.69 Å². The number of benzene rings is 2.